The number of aliphatic hydroxyl groups is 1. The fraction of sp³-hybridized carbons (Fsp3) is 0.333. The largest absolute Gasteiger partial charge is 0.618 e. The van der Waals surface area contributed by atoms with Crippen molar-refractivity contribution in [1.29, 1.82) is 5.41 Å². The van der Waals surface area contributed by atoms with Gasteiger partial charge in [0, 0.05) is 24.3 Å². The number of nitrogens with one attached hydrogen (secondary N) is 1. The van der Waals surface area contributed by atoms with Gasteiger partial charge in [0.2, 0.25) is 0 Å². The highest BCUT2D eigenvalue weighted by molar-refractivity contribution is 7.98. The number of pyridine rings is 1. The Kier molecular flexibility index (Phi) is 3.91. The number of hydrogen-bond donors (Lipinski definition) is 2. The minimum absolute atomic E-state index is 0.235. The van der Waals surface area contributed by atoms with Crippen molar-refractivity contribution in [2.24, 2.45) is 0 Å². The molecule has 0 aliphatic heterocycles. The predicted octanol–water partition coefficient (Wildman–Crippen LogP) is 0.596. The number of aromatic nitrogens is 1. The Morgan fingerprint density at radius 3 is 3.00 bits per heavy atom. The first-order valence-electron chi connectivity index (χ1n) is 4.10. The molecule has 76 valence electrons. The fourth-order valence-corrected chi connectivity index (χ4v) is 1.58. The van der Waals surface area contributed by atoms with Crippen LogP contribution in [0.15, 0.2) is 23.4 Å². The Morgan fingerprint density at radius 2 is 2.43 bits per heavy atom. The molecule has 0 radical (unpaired) electrons. The van der Waals surface area contributed by atoms with Gasteiger partial charge in [-0.3, -0.25) is 0 Å². The van der Waals surface area contributed by atoms with Crippen molar-refractivity contribution >= 4 is 17.5 Å². The van der Waals surface area contributed by atoms with Gasteiger partial charge < -0.3 is 15.7 Å². The average molecular weight is 212 g/mol. The van der Waals surface area contributed by atoms with Crippen LogP contribution in [-0.4, -0.2) is 23.7 Å². The van der Waals surface area contributed by atoms with E-state index in [4.69, 9.17) is 10.5 Å². The van der Waals surface area contributed by atoms with Crippen molar-refractivity contribution in [3.05, 3.63) is 29.1 Å². The van der Waals surface area contributed by atoms with Crippen LogP contribution in [0.2, 0.25) is 0 Å². The lowest BCUT2D eigenvalue weighted by molar-refractivity contribution is -0.645. The van der Waals surface area contributed by atoms with Crippen molar-refractivity contribution < 1.29 is 9.84 Å². The molecule has 1 aromatic heterocycles. The number of rotatable bonds is 4. The van der Waals surface area contributed by atoms with E-state index >= 15 is 0 Å². The molecule has 14 heavy (non-hydrogen) atoms. The summed E-state index contributed by atoms with van der Waals surface area (Å²) in [6.45, 7) is -0.235. The molecule has 0 fully saturated rings. The number of aliphatic hydroxyl groups excluding tert-OH is 1. The topological polar surface area (TPSA) is 71.0 Å². The lowest BCUT2D eigenvalue weighted by atomic mass is 10.1. The Morgan fingerprint density at radius 1 is 1.71 bits per heavy atom. The number of hydrogen-bond acceptors (Lipinski definition) is 4. The average Bonchev–Trinajstić information content (AvgIpc) is 2.20. The van der Waals surface area contributed by atoms with Crippen LogP contribution in [0.25, 0.3) is 0 Å². The first-order valence-corrected chi connectivity index (χ1v) is 5.33. The molecule has 4 nitrogen and oxygen atoms in total. The molecule has 1 rings (SSSR count). The Labute approximate surface area is 86.7 Å². The number of thioether (sulfide) groups is 1. The van der Waals surface area contributed by atoms with Gasteiger partial charge in [0.25, 0.3) is 5.03 Å². The van der Waals surface area contributed by atoms with E-state index in [-0.39, 0.29) is 12.3 Å². The van der Waals surface area contributed by atoms with Crippen LogP contribution < -0.4 is 4.73 Å². The van der Waals surface area contributed by atoms with Crippen LogP contribution >= 0.6 is 11.8 Å². The maximum atomic E-state index is 11.2. The zero-order valence-electron chi connectivity index (χ0n) is 7.86. The lowest BCUT2D eigenvalue weighted by Gasteiger charge is -2.04. The summed E-state index contributed by atoms with van der Waals surface area (Å²) in [6, 6.07) is 3.40. The van der Waals surface area contributed by atoms with Crippen molar-refractivity contribution in [2.75, 3.05) is 12.9 Å². The molecule has 1 aromatic rings. The van der Waals surface area contributed by atoms with E-state index in [1.165, 1.54) is 18.0 Å². The first kappa shape index (κ1) is 11.0. The Hall–Kier alpha value is -1.07. The highest BCUT2D eigenvalue weighted by atomic mass is 32.2. The minimum Gasteiger partial charge on any atom is -0.618 e. The molecule has 0 saturated carbocycles. The van der Waals surface area contributed by atoms with Gasteiger partial charge >= 0.3 is 0 Å². The molecule has 0 aliphatic rings. The van der Waals surface area contributed by atoms with Gasteiger partial charge in [0.1, 0.15) is 0 Å². The molecule has 2 N–H and O–H groups in total. The van der Waals surface area contributed by atoms with Crippen molar-refractivity contribution in [1.82, 2.24) is 0 Å². The summed E-state index contributed by atoms with van der Waals surface area (Å²) in [7, 11) is 0. The number of nitrogens with zero attached hydrogens (tertiary/aromatic N) is 1. The second kappa shape index (κ2) is 4.97. The normalized spacial score (nSPS) is 10.1. The highest BCUT2D eigenvalue weighted by Crippen LogP contribution is 2.11. The SMILES string of the molecule is CSc1cc(CC(=N)CO)cc[n+]1[O-]. The molecule has 0 atom stereocenters. The minimum atomic E-state index is -0.235. The zero-order chi connectivity index (χ0) is 10.6. The van der Waals surface area contributed by atoms with E-state index in [0.29, 0.717) is 11.4 Å². The molecule has 0 aliphatic carbocycles. The molecule has 0 aromatic carbocycles. The standard InChI is InChI=1S/C9H12N2O2S/c1-14-9-5-7(2-3-11(9)13)4-8(10)6-12/h2-3,5,10,12H,4,6H2,1H3. The zero-order valence-corrected chi connectivity index (χ0v) is 8.67. The third-order valence-corrected chi connectivity index (χ3v) is 2.48. The van der Waals surface area contributed by atoms with Gasteiger partial charge in [-0.25, -0.2) is 0 Å². The van der Waals surface area contributed by atoms with Gasteiger partial charge in [-0.1, -0.05) is 11.8 Å². The maximum Gasteiger partial charge on any atom is 0.251 e. The van der Waals surface area contributed by atoms with E-state index in [9.17, 15) is 5.21 Å². The quantitative estimate of drug-likeness (QED) is 0.332. The van der Waals surface area contributed by atoms with E-state index in [1.807, 2.05) is 6.26 Å². The maximum absolute atomic E-state index is 11.2. The molecular formula is C9H12N2O2S. The summed E-state index contributed by atoms with van der Waals surface area (Å²) in [5, 5.41) is 27.8. The summed E-state index contributed by atoms with van der Waals surface area (Å²) in [5.41, 5.74) is 1.13. The van der Waals surface area contributed by atoms with E-state index in [1.54, 1.807) is 12.1 Å². The van der Waals surface area contributed by atoms with Crippen molar-refractivity contribution in [2.45, 2.75) is 11.4 Å². The van der Waals surface area contributed by atoms with E-state index in [2.05, 4.69) is 0 Å². The van der Waals surface area contributed by atoms with Crippen LogP contribution in [0, 0.1) is 10.6 Å². The molecule has 0 bridgehead atoms. The third-order valence-electron chi connectivity index (χ3n) is 1.77. The first-order chi connectivity index (χ1) is 6.67. The second-order valence-electron chi connectivity index (χ2n) is 2.84. The smallest absolute Gasteiger partial charge is 0.251 e. The molecule has 5 heteroatoms. The highest BCUT2D eigenvalue weighted by Gasteiger charge is 2.06. The van der Waals surface area contributed by atoms with Crippen LogP contribution in [-0.2, 0) is 6.42 Å². The Bertz CT molecular complexity index is 342. The summed E-state index contributed by atoms with van der Waals surface area (Å²) in [5.74, 6) is 0. The van der Waals surface area contributed by atoms with Crippen molar-refractivity contribution in [3.8, 4) is 0 Å². The van der Waals surface area contributed by atoms with Gasteiger partial charge in [-0.05, 0) is 11.8 Å². The van der Waals surface area contributed by atoms with Crippen LogP contribution in [0.5, 0.6) is 0 Å². The lowest BCUT2D eigenvalue weighted by Crippen LogP contribution is -2.28. The van der Waals surface area contributed by atoms with Gasteiger partial charge in [0.15, 0.2) is 6.20 Å². The molecule has 1 heterocycles. The van der Waals surface area contributed by atoms with Gasteiger partial charge in [-0.2, -0.15) is 4.73 Å². The molecule has 0 spiro atoms. The van der Waals surface area contributed by atoms with Crippen molar-refractivity contribution in [3.63, 3.8) is 0 Å². The summed E-state index contributed by atoms with van der Waals surface area (Å²) >= 11 is 1.36. The van der Waals surface area contributed by atoms with Gasteiger partial charge in [-0.15, -0.1) is 0 Å². The van der Waals surface area contributed by atoms with E-state index in [0.717, 1.165) is 10.3 Å². The second-order valence-corrected chi connectivity index (χ2v) is 3.67. The monoisotopic (exact) mass is 212 g/mol. The molecule has 0 amide bonds. The molecule has 0 saturated heterocycles. The van der Waals surface area contributed by atoms with Crippen LogP contribution in [0.1, 0.15) is 5.56 Å². The van der Waals surface area contributed by atoms with Crippen LogP contribution in [0.4, 0.5) is 0 Å². The summed E-state index contributed by atoms with van der Waals surface area (Å²) in [4.78, 5) is 0. The predicted molar refractivity (Wildman–Crippen MR) is 55.7 cm³/mol. The summed E-state index contributed by atoms with van der Waals surface area (Å²) < 4.78 is 0.788. The fourth-order valence-electron chi connectivity index (χ4n) is 1.07. The van der Waals surface area contributed by atoms with Crippen LogP contribution in [0.3, 0.4) is 0 Å². The Balaban J connectivity index is 2.84. The van der Waals surface area contributed by atoms with Gasteiger partial charge in [0.05, 0.1) is 6.61 Å². The van der Waals surface area contributed by atoms with E-state index < -0.39 is 0 Å². The third kappa shape index (κ3) is 2.71. The molecule has 0 unspecified atom stereocenters. The molecular weight excluding hydrogens is 200 g/mol. The summed E-state index contributed by atoms with van der Waals surface area (Å²) in [6.07, 6.45) is 3.64.